The van der Waals surface area contributed by atoms with E-state index in [4.69, 9.17) is 16.3 Å². The monoisotopic (exact) mass is 384 g/mol. The minimum atomic E-state index is -0.968. The topological polar surface area (TPSA) is 88.3 Å². The predicted octanol–water partition coefficient (Wildman–Crippen LogP) is 3.37. The Morgan fingerprint density at radius 1 is 1.11 bits per heavy atom. The molecule has 0 saturated heterocycles. The summed E-state index contributed by atoms with van der Waals surface area (Å²) in [5.74, 6) is -1.44. The lowest BCUT2D eigenvalue weighted by atomic mass is 10.1. The van der Waals surface area contributed by atoms with Gasteiger partial charge in [0.05, 0.1) is 0 Å². The Bertz CT molecular complexity index is 995. The van der Waals surface area contributed by atoms with Gasteiger partial charge in [0, 0.05) is 33.2 Å². The van der Waals surface area contributed by atoms with Crippen LogP contribution in [0.5, 0.6) is 0 Å². The number of nitrogens with one attached hydrogen (secondary N) is 2. The molecule has 0 fully saturated rings. The molecule has 0 saturated carbocycles. The standard InChI is InChI=1S/C20H17ClN2O4/c1-12(19(25)16-10-22-17-5-3-2-4-15(16)17)27-18(24)11-23-20(26)13-6-8-14(21)9-7-13/h2-10,12,22H,11H2,1H3,(H,23,26)/t12-/m0/s1. The highest BCUT2D eigenvalue weighted by molar-refractivity contribution is 6.30. The second-order valence-corrected chi connectivity index (χ2v) is 6.37. The van der Waals surface area contributed by atoms with Crippen LogP contribution in [0.25, 0.3) is 10.9 Å². The van der Waals surface area contributed by atoms with Crippen LogP contribution in [0, 0.1) is 0 Å². The number of para-hydroxylation sites is 1. The highest BCUT2D eigenvalue weighted by atomic mass is 35.5. The molecule has 1 heterocycles. The normalized spacial score (nSPS) is 11.8. The van der Waals surface area contributed by atoms with Crippen LogP contribution in [0.15, 0.2) is 54.7 Å². The minimum absolute atomic E-state index is 0.315. The van der Waals surface area contributed by atoms with Crippen molar-refractivity contribution in [1.29, 1.82) is 0 Å². The number of aromatic nitrogens is 1. The lowest BCUT2D eigenvalue weighted by Gasteiger charge is -2.12. The zero-order valence-corrected chi connectivity index (χ0v) is 15.2. The number of carbonyl (C=O) groups is 3. The average Bonchev–Trinajstić information content (AvgIpc) is 3.10. The van der Waals surface area contributed by atoms with Crippen LogP contribution in [-0.2, 0) is 9.53 Å². The number of esters is 1. The van der Waals surface area contributed by atoms with E-state index in [1.807, 2.05) is 24.3 Å². The molecule has 0 bridgehead atoms. The highest BCUT2D eigenvalue weighted by Crippen LogP contribution is 2.19. The van der Waals surface area contributed by atoms with Crippen molar-refractivity contribution in [2.45, 2.75) is 13.0 Å². The first kappa shape index (κ1) is 18.7. The number of halogens is 1. The van der Waals surface area contributed by atoms with E-state index in [0.717, 1.165) is 10.9 Å². The third kappa shape index (κ3) is 4.35. The van der Waals surface area contributed by atoms with E-state index in [9.17, 15) is 14.4 Å². The number of rotatable bonds is 6. The molecule has 2 N–H and O–H groups in total. The molecule has 1 amide bonds. The van der Waals surface area contributed by atoms with Crippen molar-refractivity contribution in [3.63, 3.8) is 0 Å². The molecule has 1 aromatic heterocycles. The summed E-state index contributed by atoms with van der Waals surface area (Å²) in [6, 6.07) is 13.6. The van der Waals surface area contributed by atoms with Gasteiger partial charge >= 0.3 is 5.97 Å². The molecular weight excluding hydrogens is 368 g/mol. The second-order valence-electron chi connectivity index (χ2n) is 5.93. The van der Waals surface area contributed by atoms with Gasteiger partial charge in [0.1, 0.15) is 6.54 Å². The van der Waals surface area contributed by atoms with Gasteiger partial charge in [-0.2, -0.15) is 0 Å². The number of Topliss-reactive ketones (excluding diaryl/α,β-unsaturated/α-hetero) is 1. The maximum atomic E-state index is 12.5. The van der Waals surface area contributed by atoms with Gasteiger partial charge in [-0.1, -0.05) is 29.8 Å². The Morgan fingerprint density at radius 2 is 1.81 bits per heavy atom. The number of hydrogen-bond donors (Lipinski definition) is 2. The summed E-state index contributed by atoms with van der Waals surface area (Å²) in [6.07, 6.45) is 0.628. The summed E-state index contributed by atoms with van der Waals surface area (Å²) in [5, 5.41) is 3.73. The number of carbonyl (C=O) groups excluding carboxylic acids is 3. The molecule has 6 nitrogen and oxygen atoms in total. The molecule has 0 radical (unpaired) electrons. The average molecular weight is 385 g/mol. The number of hydrogen-bond acceptors (Lipinski definition) is 4. The van der Waals surface area contributed by atoms with E-state index >= 15 is 0 Å². The Balaban J connectivity index is 1.56. The van der Waals surface area contributed by atoms with Crippen molar-refractivity contribution in [2.75, 3.05) is 6.54 Å². The lowest BCUT2D eigenvalue weighted by Crippen LogP contribution is -2.34. The third-order valence-electron chi connectivity index (χ3n) is 4.03. The summed E-state index contributed by atoms with van der Waals surface area (Å²) >= 11 is 5.77. The van der Waals surface area contributed by atoms with Crippen LogP contribution in [-0.4, -0.2) is 35.3 Å². The number of fused-ring (bicyclic) bond motifs is 1. The van der Waals surface area contributed by atoms with E-state index in [1.54, 1.807) is 30.5 Å². The summed E-state index contributed by atoms with van der Waals surface area (Å²) in [7, 11) is 0. The first-order chi connectivity index (χ1) is 13.0. The lowest BCUT2D eigenvalue weighted by molar-refractivity contribution is -0.145. The Labute approximate surface area is 160 Å². The van der Waals surface area contributed by atoms with Crippen molar-refractivity contribution in [2.24, 2.45) is 0 Å². The number of aromatic amines is 1. The Kier molecular flexibility index (Phi) is 5.57. The minimum Gasteiger partial charge on any atom is -0.453 e. The maximum absolute atomic E-state index is 12.5. The zero-order chi connectivity index (χ0) is 19.4. The molecule has 0 aliphatic heterocycles. The highest BCUT2D eigenvalue weighted by Gasteiger charge is 2.22. The fourth-order valence-corrected chi connectivity index (χ4v) is 2.77. The van der Waals surface area contributed by atoms with Gasteiger partial charge in [0.25, 0.3) is 5.91 Å². The van der Waals surface area contributed by atoms with Crippen LogP contribution < -0.4 is 5.32 Å². The third-order valence-corrected chi connectivity index (χ3v) is 4.28. The van der Waals surface area contributed by atoms with E-state index in [2.05, 4.69) is 10.3 Å². The molecule has 0 aliphatic carbocycles. The zero-order valence-electron chi connectivity index (χ0n) is 14.5. The van der Waals surface area contributed by atoms with Crippen molar-refractivity contribution >= 4 is 40.2 Å². The van der Waals surface area contributed by atoms with Gasteiger partial charge in [0.15, 0.2) is 6.10 Å². The van der Waals surface area contributed by atoms with Gasteiger partial charge in [-0.3, -0.25) is 14.4 Å². The van der Waals surface area contributed by atoms with Crippen molar-refractivity contribution in [3.8, 4) is 0 Å². The number of H-pyrrole nitrogens is 1. The van der Waals surface area contributed by atoms with Crippen molar-refractivity contribution in [3.05, 3.63) is 70.9 Å². The van der Waals surface area contributed by atoms with Gasteiger partial charge in [-0.05, 0) is 37.3 Å². The van der Waals surface area contributed by atoms with E-state index in [-0.39, 0.29) is 12.3 Å². The SMILES string of the molecule is C[C@H](OC(=O)CNC(=O)c1ccc(Cl)cc1)C(=O)c1c[nH]c2ccccc12. The van der Waals surface area contributed by atoms with Gasteiger partial charge < -0.3 is 15.0 Å². The fourth-order valence-electron chi connectivity index (χ4n) is 2.64. The van der Waals surface area contributed by atoms with Crippen LogP contribution in [0.3, 0.4) is 0 Å². The molecule has 27 heavy (non-hydrogen) atoms. The second kappa shape index (κ2) is 8.05. The molecular formula is C20H17ClN2O4. The molecule has 3 aromatic rings. The molecule has 0 aliphatic rings. The maximum Gasteiger partial charge on any atom is 0.326 e. The Hall–Kier alpha value is -3.12. The van der Waals surface area contributed by atoms with Gasteiger partial charge in [-0.25, -0.2) is 0 Å². The molecule has 7 heteroatoms. The van der Waals surface area contributed by atoms with Crippen molar-refractivity contribution in [1.82, 2.24) is 10.3 Å². The van der Waals surface area contributed by atoms with Crippen molar-refractivity contribution < 1.29 is 19.1 Å². The fraction of sp³-hybridized carbons (Fsp3) is 0.150. The van der Waals surface area contributed by atoms with E-state index in [1.165, 1.54) is 6.92 Å². The first-order valence-electron chi connectivity index (χ1n) is 8.29. The summed E-state index contributed by atoms with van der Waals surface area (Å²) < 4.78 is 5.15. The van der Waals surface area contributed by atoms with Crippen LogP contribution in [0.4, 0.5) is 0 Å². The number of amides is 1. The molecule has 1 atom stereocenters. The molecule has 138 valence electrons. The van der Waals surface area contributed by atoms with E-state index < -0.39 is 18.0 Å². The number of ketones is 1. The van der Waals surface area contributed by atoms with E-state index in [0.29, 0.717) is 16.1 Å². The summed E-state index contributed by atoms with van der Waals surface area (Å²) in [6.45, 7) is 1.16. The molecule has 3 rings (SSSR count). The largest absolute Gasteiger partial charge is 0.453 e. The molecule has 0 spiro atoms. The van der Waals surface area contributed by atoms with Crippen LogP contribution in [0.1, 0.15) is 27.6 Å². The van der Waals surface area contributed by atoms with Crippen LogP contribution >= 0.6 is 11.6 Å². The quantitative estimate of drug-likeness (QED) is 0.503. The number of benzene rings is 2. The summed E-state index contributed by atoms with van der Waals surface area (Å²) in [4.78, 5) is 39.5. The molecule has 2 aromatic carbocycles. The smallest absolute Gasteiger partial charge is 0.326 e. The Morgan fingerprint density at radius 3 is 2.56 bits per heavy atom. The van der Waals surface area contributed by atoms with Gasteiger partial charge in [0.2, 0.25) is 5.78 Å². The predicted molar refractivity (Wildman–Crippen MR) is 102 cm³/mol. The first-order valence-corrected chi connectivity index (χ1v) is 8.67. The van der Waals surface area contributed by atoms with Crippen LogP contribution in [0.2, 0.25) is 5.02 Å². The van der Waals surface area contributed by atoms with Gasteiger partial charge in [-0.15, -0.1) is 0 Å². The molecule has 0 unspecified atom stereocenters. The number of ether oxygens (including phenoxy) is 1. The summed E-state index contributed by atoms with van der Waals surface area (Å²) in [5.41, 5.74) is 1.65.